The van der Waals surface area contributed by atoms with Gasteiger partial charge in [0, 0.05) is 23.3 Å². The average Bonchev–Trinajstić information content (AvgIpc) is 2.62. The van der Waals surface area contributed by atoms with E-state index in [9.17, 15) is 14.9 Å². The second kappa shape index (κ2) is 6.96. The van der Waals surface area contributed by atoms with Gasteiger partial charge in [0.1, 0.15) is 6.54 Å². The highest BCUT2D eigenvalue weighted by Gasteiger charge is 2.34. The molecule has 0 N–H and O–H groups in total. The van der Waals surface area contributed by atoms with E-state index in [1.165, 1.54) is 4.90 Å². The van der Waals surface area contributed by atoms with Gasteiger partial charge in [0.15, 0.2) is 0 Å². The lowest BCUT2D eigenvalue weighted by Crippen LogP contribution is -2.57. The van der Waals surface area contributed by atoms with Crippen molar-refractivity contribution in [2.24, 2.45) is 0 Å². The molecule has 0 aromatic heterocycles. The SMILES string of the molecule is C[C@H]1CN(c2cccc(Cl)c2)C(=O)CN1C(=O)c1ccccc1C#N. The summed E-state index contributed by atoms with van der Waals surface area (Å²) in [6.45, 7) is 2.22. The number of hydrogen-bond acceptors (Lipinski definition) is 3. The van der Waals surface area contributed by atoms with Gasteiger partial charge in [0.2, 0.25) is 5.91 Å². The zero-order chi connectivity index (χ0) is 18.0. The third-order valence-corrected chi connectivity index (χ3v) is 4.48. The molecule has 0 bridgehead atoms. The summed E-state index contributed by atoms with van der Waals surface area (Å²) in [4.78, 5) is 28.5. The minimum Gasteiger partial charge on any atom is -0.325 e. The van der Waals surface area contributed by atoms with Gasteiger partial charge < -0.3 is 9.80 Å². The van der Waals surface area contributed by atoms with Crippen LogP contribution in [0.15, 0.2) is 48.5 Å². The third-order valence-electron chi connectivity index (χ3n) is 4.24. The molecule has 2 aromatic rings. The monoisotopic (exact) mass is 353 g/mol. The first-order chi connectivity index (χ1) is 12.0. The highest BCUT2D eigenvalue weighted by Crippen LogP contribution is 2.24. The van der Waals surface area contributed by atoms with Gasteiger partial charge in [-0.1, -0.05) is 29.8 Å². The maximum atomic E-state index is 12.8. The van der Waals surface area contributed by atoms with E-state index in [0.29, 0.717) is 28.4 Å². The highest BCUT2D eigenvalue weighted by atomic mass is 35.5. The topological polar surface area (TPSA) is 64.4 Å². The van der Waals surface area contributed by atoms with Gasteiger partial charge >= 0.3 is 0 Å². The number of amides is 2. The summed E-state index contributed by atoms with van der Waals surface area (Å²) in [7, 11) is 0. The zero-order valence-corrected chi connectivity index (χ0v) is 14.4. The Morgan fingerprint density at radius 1 is 1.24 bits per heavy atom. The van der Waals surface area contributed by atoms with E-state index in [1.54, 1.807) is 47.4 Å². The molecule has 0 radical (unpaired) electrons. The van der Waals surface area contributed by atoms with Crippen molar-refractivity contribution < 1.29 is 9.59 Å². The number of benzene rings is 2. The third kappa shape index (κ3) is 3.35. The summed E-state index contributed by atoms with van der Waals surface area (Å²) in [6.07, 6.45) is 0. The van der Waals surface area contributed by atoms with Crippen LogP contribution in [0.1, 0.15) is 22.8 Å². The van der Waals surface area contributed by atoms with Gasteiger partial charge in [-0.3, -0.25) is 9.59 Å². The molecule has 2 amide bonds. The summed E-state index contributed by atoms with van der Waals surface area (Å²) in [5, 5.41) is 9.75. The van der Waals surface area contributed by atoms with Crippen molar-refractivity contribution in [2.75, 3.05) is 18.0 Å². The lowest BCUT2D eigenvalue weighted by molar-refractivity contribution is -0.121. The van der Waals surface area contributed by atoms with Crippen molar-refractivity contribution in [1.29, 1.82) is 5.26 Å². The number of rotatable bonds is 2. The van der Waals surface area contributed by atoms with Gasteiger partial charge in [0.05, 0.1) is 17.2 Å². The molecule has 25 heavy (non-hydrogen) atoms. The van der Waals surface area contributed by atoms with Crippen LogP contribution in [0.4, 0.5) is 5.69 Å². The van der Waals surface area contributed by atoms with Crippen LogP contribution in [0.5, 0.6) is 0 Å². The average molecular weight is 354 g/mol. The predicted molar refractivity (Wildman–Crippen MR) is 95.5 cm³/mol. The molecule has 2 aromatic carbocycles. The van der Waals surface area contributed by atoms with Gasteiger partial charge in [-0.05, 0) is 37.3 Å². The molecule has 1 heterocycles. The van der Waals surface area contributed by atoms with Crippen LogP contribution in [-0.4, -0.2) is 35.8 Å². The van der Waals surface area contributed by atoms with E-state index in [-0.39, 0.29) is 24.4 Å². The standard InChI is InChI=1S/C19H16ClN3O2/c1-13-11-23(16-7-4-6-15(20)9-16)18(24)12-22(13)19(25)17-8-3-2-5-14(17)10-21/h2-9,13H,11-12H2,1H3/t13-/m0/s1. The first-order valence-corrected chi connectivity index (χ1v) is 8.25. The summed E-state index contributed by atoms with van der Waals surface area (Å²) >= 11 is 6.01. The number of nitrogens with zero attached hydrogens (tertiary/aromatic N) is 3. The molecule has 0 saturated carbocycles. The second-order valence-corrected chi connectivity index (χ2v) is 6.36. The molecule has 6 heteroatoms. The van der Waals surface area contributed by atoms with E-state index < -0.39 is 0 Å². The summed E-state index contributed by atoms with van der Waals surface area (Å²) in [5.74, 6) is -0.480. The fourth-order valence-corrected chi connectivity index (χ4v) is 3.12. The van der Waals surface area contributed by atoms with Crippen LogP contribution in [-0.2, 0) is 4.79 Å². The van der Waals surface area contributed by atoms with Crippen LogP contribution in [0.25, 0.3) is 0 Å². The van der Waals surface area contributed by atoms with Gasteiger partial charge in [0.25, 0.3) is 5.91 Å². The second-order valence-electron chi connectivity index (χ2n) is 5.92. The van der Waals surface area contributed by atoms with Crippen molar-refractivity contribution in [1.82, 2.24) is 4.90 Å². The number of carbonyl (C=O) groups is 2. The van der Waals surface area contributed by atoms with Crippen molar-refractivity contribution in [3.63, 3.8) is 0 Å². The summed E-state index contributed by atoms with van der Waals surface area (Å²) < 4.78 is 0. The molecule has 0 spiro atoms. The number of halogens is 1. The Morgan fingerprint density at radius 3 is 2.72 bits per heavy atom. The molecule has 126 valence electrons. The summed E-state index contributed by atoms with van der Waals surface area (Å²) in [6, 6.07) is 15.6. The Hall–Kier alpha value is -2.84. The van der Waals surface area contributed by atoms with Crippen LogP contribution in [0.3, 0.4) is 0 Å². The maximum absolute atomic E-state index is 12.8. The Bertz CT molecular complexity index is 875. The molecule has 1 saturated heterocycles. The van der Waals surface area contributed by atoms with Crippen molar-refractivity contribution >= 4 is 29.1 Å². The van der Waals surface area contributed by atoms with E-state index in [0.717, 1.165) is 0 Å². The lowest BCUT2D eigenvalue weighted by Gasteiger charge is -2.39. The number of hydrogen-bond donors (Lipinski definition) is 0. The Labute approximate surface area is 151 Å². The lowest BCUT2D eigenvalue weighted by atomic mass is 10.0. The van der Waals surface area contributed by atoms with Gasteiger partial charge in [-0.15, -0.1) is 0 Å². The van der Waals surface area contributed by atoms with E-state index in [4.69, 9.17) is 11.6 Å². The van der Waals surface area contributed by atoms with Gasteiger partial charge in [-0.2, -0.15) is 5.26 Å². The van der Waals surface area contributed by atoms with Gasteiger partial charge in [-0.25, -0.2) is 0 Å². The molecule has 1 aliphatic heterocycles. The maximum Gasteiger partial charge on any atom is 0.255 e. The molecule has 5 nitrogen and oxygen atoms in total. The number of piperazine rings is 1. The molecule has 1 aliphatic rings. The van der Waals surface area contributed by atoms with E-state index in [2.05, 4.69) is 0 Å². The Morgan fingerprint density at radius 2 is 2.00 bits per heavy atom. The minimum absolute atomic E-state index is 0.0354. The molecular weight excluding hydrogens is 338 g/mol. The highest BCUT2D eigenvalue weighted by molar-refractivity contribution is 6.30. The molecule has 3 rings (SSSR count). The first-order valence-electron chi connectivity index (χ1n) is 7.87. The molecule has 1 fully saturated rings. The van der Waals surface area contributed by atoms with Crippen molar-refractivity contribution in [2.45, 2.75) is 13.0 Å². The number of anilines is 1. The minimum atomic E-state index is -0.302. The van der Waals surface area contributed by atoms with E-state index in [1.807, 2.05) is 19.1 Å². The van der Waals surface area contributed by atoms with Crippen molar-refractivity contribution in [3.05, 3.63) is 64.7 Å². The van der Waals surface area contributed by atoms with Crippen LogP contribution in [0.2, 0.25) is 5.02 Å². The number of carbonyl (C=O) groups excluding carboxylic acids is 2. The first kappa shape index (κ1) is 17.0. The Kier molecular flexibility index (Phi) is 4.73. The van der Waals surface area contributed by atoms with Crippen LogP contribution in [0, 0.1) is 11.3 Å². The molecule has 1 atom stereocenters. The van der Waals surface area contributed by atoms with Crippen molar-refractivity contribution in [3.8, 4) is 6.07 Å². The molecule has 0 aliphatic carbocycles. The quantitative estimate of drug-likeness (QED) is 0.833. The van der Waals surface area contributed by atoms with Crippen LogP contribution < -0.4 is 4.90 Å². The van der Waals surface area contributed by atoms with E-state index >= 15 is 0 Å². The molecule has 0 unspecified atom stereocenters. The Balaban J connectivity index is 1.84. The smallest absolute Gasteiger partial charge is 0.255 e. The predicted octanol–water partition coefficient (Wildman–Crippen LogP) is 3.09. The largest absolute Gasteiger partial charge is 0.325 e. The molecular formula is C19H16ClN3O2. The fraction of sp³-hybridized carbons (Fsp3) is 0.211. The number of nitriles is 1. The normalized spacial score (nSPS) is 17.3. The zero-order valence-electron chi connectivity index (χ0n) is 13.6. The van der Waals surface area contributed by atoms with Crippen LogP contribution >= 0.6 is 11.6 Å². The fourth-order valence-electron chi connectivity index (χ4n) is 2.94. The summed E-state index contributed by atoms with van der Waals surface area (Å²) in [5.41, 5.74) is 1.35.